The van der Waals surface area contributed by atoms with Gasteiger partial charge in [0.1, 0.15) is 5.75 Å². The fraction of sp³-hybridized carbons (Fsp3) is 0.250. The highest BCUT2D eigenvalue weighted by molar-refractivity contribution is 6.04. The average molecular weight is 384 g/mol. The molecule has 1 aliphatic heterocycles. The first-order valence-electron chi connectivity index (χ1n) is 8.76. The molecule has 2 aromatic carbocycles. The summed E-state index contributed by atoms with van der Waals surface area (Å²) in [6, 6.07) is 12.9. The number of amides is 2. The number of carboxylic acids is 1. The van der Waals surface area contributed by atoms with E-state index in [0.29, 0.717) is 48.9 Å². The molecule has 1 aliphatic rings. The molecule has 0 aliphatic carbocycles. The van der Waals surface area contributed by atoms with Gasteiger partial charge < -0.3 is 24.8 Å². The van der Waals surface area contributed by atoms with Crippen LogP contribution in [0.1, 0.15) is 20.7 Å². The Morgan fingerprint density at radius 2 is 1.75 bits per heavy atom. The summed E-state index contributed by atoms with van der Waals surface area (Å²) >= 11 is 0. The summed E-state index contributed by atoms with van der Waals surface area (Å²) in [5, 5.41) is 11.4. The van der Waals surface area contributed by atoms with E-state index in [1.165, 1.54) is 6.07 Å². The highest BCUT2D eigenvalue weighted by Gasteiger charge is 2.18. The lowest BCUT2D eigenvalue weighted by molar-refractivity contribution is -0.139. The topological polar surface area (TPSA) is 105 Å². The molecule has 146 valence electrons. The molecule has 0 atom stereocenters. The van der Waals surface area contributed by atoms with E-state index < -0.39 is 12.6 Å². The van der Waals surface area contributed by atoms with Crippen LogP contribution < -0.4 is 10.1 Å². The number of benzene rings is 2. The number of carboxylic acid groups (broad SMARTS) is 1. The van der Waals surface area contributed by atoms with Crippen LogP contribution in [0.15, 0.2) is 48.5 Å². The van der Waals surface area contributed by atoms with Crippen LogP contribution in [-0.2, 0) is 9.53 Å². The van der Waals surface area contributed by atoms with Crippen molar-refractivity contribution in [3.63, 3.8) is 0 Å². The highest BCUT2D eigenvalue weighted by atomic mass is 16.5. The molecule has 0 radical (unpaired) electrons. The second-order valence-corrected chi connectivity index (χ2v) is 6.15. The monoisotopic (exact) mass is 384 g/mol. The summed E-state index contributed by atoms with van der Waals surface area (Å²) in [5.41, 5.74) is 1.42. The van der Waals surface area contributed by atoms with Crippen molar-refractivity contribution >= 4 is 23.5 Å². The van der Waals surface area contributed by atoms with Gasteiger partial charge in [0.05, 0.1) is 13.2 Å². The Morgan fingerprint density at radius 1 is 1.04 bits per heavy atom. The van der Waals surface area contributed by atoms with Crippen LogP contribution in [0, 0.1) is 0 Å². The summed E-state index contributed by atoms with van der Waals surface area (Å²) < 4.78 is 10.3. The molecule has 1 saturated heterocycles. The van der Waals surface area contributed by atoms with Crippen molar-refractivity contribution < 1.29 is 29.0 Å². The number of rotatable bonds is 6. The Balaban J connectivity index is 1.62. The number of aliphatic carboxylic acids is 1. The van der Waals surface area contributed by atoms with Crippen molar-refractivity contribution in [2.45, 2.75) is 0 Å². The second-order valence-electron chi connectivity index (χ2n) is 6.15. The van der Waals surface area contributed by atoms with E-state index in [0.717, 1.165) is 0 Å². The highest BCUT2D eigenvalue weighted by Crippen LogP contribution is 2.17. The zero-order valence-electron chi connectivity index (χ0n) is 15.1. The van der Waals surface area contributed by atoms with Gasteiger partial charge in [0.2, 0.25) is 0 Å². The molecule has 0 unspecified atom stereocenters. The molecule has 2 amide bonds. The molecule has 0 bridgehead atoms. The lowest BCUT2D eigenvalue weighted by Gasteiger charge is -2.26. The summed E-state index contributed by atoms with van der Waals surface area (Å²) in [4.78, 5) is 37.1. The average Bonchev–Trinajstić information content (AvgIpc) is 2.73. The Bertz CT molecular complexity index is 859. The van der Waals surface area contributed by atoms with Crippen LogP contribution >= 0.6 is 0 Å². The number of carbonyl (C=O) groups is 3. The Hall–Kier alpha value is -3.39. The second kappa shape index (κ2) is 9.01. The summed E-state index contributed by atoms with van der Waals surface area (Å²) in [7, 11) is 0. The lowest BCUT2D eigenvalue weighted by Crippen LogP contribution is -2.40. The maximum atomic E-state index is 12.4. The van der Waals surface area contributed by atoms with Crippen molar-refractivity contribution in [3.05, 3.63) is 59.7 Å². The van der Waals surface area contributed by atoms with Gasteiger partial charge in [-0.3, -0.25) is 9.59 Å². The van der Waals surface area contributed by atoms with Crippen LogP contribution in [-0.4, -0.2) is 60.7 Å². The molecular formula is C20H20N2O6. The first-order valence-corrected chi connectivity index (χ1v) is 8.76. The fourth-order valence-corrected chi connectivity index (χ4v) is 2.72. The molecule has 0 aromatic heterocycles. The van der Waals surface area contributed by atoms with Gasteiger partial charge in [-0.15, -0.1) is 0 Å². The van der Waals surface area contributed by atoms with Gasteiger partial charge in [0.15, 0.2) is 6.61 Å². The maximum absolute atomic E-state index is 12.4. The minimum absolute atomic E-state index is 0.0653. The number of carbonyl (C=O) groups excluding carboxylic acids is 2. The minimum Gasteiger partial charge on any atom is -0.482 e. The third-order valence-electron chi connectivity index (χ3n) is 4.15. The Morgan fingerprint density at radius 3 is 2.43 bits per heavy atom. The summed E-state index contributed by atoms with van der Waals surface area (Å²) in [5.74, 6) is -1.24. The van der Waals surface area contributed by atoms with Crippen LogP contribution in [0.5, 0.6) is 5.75 Å². The van der Waals surface area contributed by atoms with Crippen LogP contribution in [0.2, 0.25) is 0 Å². The van der Waals surface area contributed by atoms with E-state index in [1.54, 1.807) is 47.4 Å². The van der Waals surface area contributed by atoms with E-state index in [9.17, 15) is 14.4 Å². The van der Waals surface area contributed by atoms with Crippen molar-refractivity contribution in [2.24, 2.45) is 0 Å². The minimum atomic E-state index is -1.10. The SMILES string of the molecule is O=C(O)COc1cccc(C(=O)Nc2ccc(C(=O)N3CCOCC3)cc2)c1. The van der Waals surface area contributed by atoms with E-state index in [2.05, 4.69) is 5.32 Å². The fourth-order valence-electron chi connectivity index (χ4n) is 2.72. The molecule has 1 heterocycles. The van der Waals surface area contributed by atoms with E-state index >= 15 is 0 Å². The van der Waals surface area contributed by atoms with Gasteiger partial charge in [-0.2, -0.15) is 0 Å². The molecule has 3 rings (SSSR count). The first-order chi connectivity index (χ1) is 13.5. The number of hydrogen-bond donors (Lipinski definition) is 2. The standard InChI is InChI=1S/C20H20N2O6/c23-18(24)13-28-17-3-1-2-15(12-17)19(25)21-16-6-4-14(5-7-16)20(26)22-8-10-27-11-9-22/h1-7,12H,8-11,13H2,(H,21,25)(H,23,24). The first kappa shape index (κ1) is 19.4. The smallest absolute Gasteiger partial charge is 0.341 e. The zero-order valence-corrected chi connectivity index (χ0v) is 15.1. The Kier molecular flexibility index (Phi) is 6.23. The van der Waals surface area contributed by atoms with Gasteiger partial charge >= 0.3 is 5.97 Å². The molecular weight excluding hydrogens is 364 g/mol. The number of nitrogens with zero attached hydrogens (tertiary/aromatic N) is 1. The number of ether oxygens (including phenoxy) is 2. The Labute approximate surface area is 161 Å². The predicted molar refractivity (Wildman–Crippen MR) is 101 cm³/mol. The molecule has 0 saturated carbocycles. The van der Waals surface area contributed by atoms with Gasteiger partial charge in [-0.1, -0.05) is 6.07 Å². The van der Waals surface area contributed by atoms with Crippen molar-refractivity contribution in [3.8, 4) is 5.75 Å². The van der Waals surface area contributed by atoms with Gasteiger partial charge in [-0.05, 0) is 42.5 Å². The lowest BCUT2D eigenvalue weighted by atomic mass is 10.1. The predicted octanol–water partition coefficient (Wildman–Crippen LogP) is 1.87. The largest absolute Gasteiger partial charge is 0.482 e. The van der Waals surface area contributed by atoms with Crippen LogP contribution in [0.25, 0.3) is 0 Å². The number of morpholine rings is 1. The van der Waals surface area contributed by atoms with E-state index in [1.807, 2.05) is 0 Å². The quantitative estimate of drug-likeness (QED) is 0.788. The van der Waals surface area contributed by atoms with Crippen LogP contribution in [0.3, 0.4) is 0 Å². The number of hydrogen-bond acceptors (Lipinski definition) is 5. The van der Waals surface area contributed by atoms with Crippen molar-refractivity contribution in [1.29, 1.82) is 0 Å². The maximum Gasteiger partial charge on any atom is 0.341 e. The molecule has 1 fully saturated rings. The normalized spacial score (nSPS) is 13.6. The number of nitrogens with one attached hydrogen (secondary N) is 1. The summed E-state index contributed by atoms with van der Waals surface area (Å²) in [6.45, 7) is 1.73. The third-order valence-corrected chi connectivity index (χ3v) is 4.15. The van der Waals surface area contributed by atoms with Crippen molar-refractivity contribution in [2.75, 3.05) is 38.2 Å². The van der Waals surface area contributed by atoms with Gasteiger partial charge in [-0.25, -0.2) is 4.79 Å². The van der Waals surface area contributed by atoms with Gasteiger partial charge in [0.25, 0.3) is 11.8 Å². The molecule has 8 heteroatoms. The molecule has 0 spiro atoms. The molecule has 2 aromatic rings. The van der Waals surface area contributed by atoms with E-state index in [4.69, 9.17) is 14.6 Å². The molecule has 28 heavy (non-hydrogen) atoms. The third kappa shape index (κ3) is 5.08. The van der Waals surface area contributed by atoms with E-state index in [-0.39, 0.29) is 11.8 Å². The van der Waals surface area contributed by atoms with Crippen molar-refractivity contribution in [1.82, 2.24) is 4.90 Å². The van der Waals surface area contributed by atoms with Gasteiger partial charge in [0, 0.05) is 29.9 Å². The summed E-state index contributed by atoms with van der Waals surface area (Å²) in [6.07, 6.45) is 0. The van der Waals surface area contributed by atoms with Crippen LogP contribution in [0.4, 0.5) is 5.69 Å². The molecule has 8 nitrogen and oxygen atoms in total. The molecule has 2 N–H and O–H groups in total. The zero-order chi connectivity index (χ0) is 19.9. The number of anilines is 1.